The summed E-state index contributed by atoms with van der Waals surface area (Å²) in [4.78, 5) is 39.3. The number of imide groups is 1. The maximum absolute atomic E-state index is 12.8. The molecule has 2 N–H and O–H groups in total. The number of benzene rings is 1. The molecule has 1 aromatic carbocycles. The molecule has 2 aliphatic heterocycles. The molecule has 2 amide bonds. The number of hydrogen-bond acceptors (Lipinski definition) is 5. The molecule has 0 spiro atoms. The van der Waals surface area contributed by atoms with E-state index in [2.05, 4.69) is 0 Å². The van der Waals surface area contributed by atoms with E-state index in [1.807, 2.05) is 24.3 Å². The summed E-state index contributed by atoms with van der Waals surface area (Å²) in [6, 6.07) is 7.03. The molecule has 1 aromatic rings. The Hall–Kier alpha value is -2.41. The molecule has 3 rings (SSSR count). The SMILES string of the molecule is CCN1C(=O)[C@H]2[C@@H](C1=O)[C@](C)(C(=O)OC)[NH2+][C@H]2c1ccc(OC)cc1. The van der Waals surface area contributed by atoms with Crippen LogP contribution in [0.15, 0.2) is 24.3 Å². The number of fused-ring (bicyclic) bond motifs is 1. The first-order valence-corrected chi connectivity index (χ1v) is 8.32. The van der Waals surface area contributed by atoms with Crippen molar-refractivity contribution in [3.8, 4) is 5.75 Å². The zero-order valence-corrected chi connectivity index (χ0v) is 14.8. The largest absolute Gasteiger partial charge is 0.497 e. The normalized spacial score (nSPS) is 31.2. The van der Waals surface area contributed by atoms with E-state index in [4.69, 9.17) is 9.47 Å². The maximum atomic E-state index is 12.8. The minimum absolute atomic E-state index is 0.220. The number of nitrogens with zero attached hydrogens (tertiary/aromatic N) is 1. The first kappa shape index (κ1) is 17.4. The zero-order valence-electron chi connectivity index (χ0n) is 14.8. The Kier molecular flexibility index (Phi) is 4.28. The minimum atomic E-state index is -1.12. The summed E-state index contributed by atoms with van der Waals surface area (Å²) in [7, 11) is 2.88. The number of ether oxygens (including phenoxy) is 2. The number of esters is 1. The van der Waals surface area contributed by atoms with Gasteiger partial charge in [-0.25, -0.2) is 4.79 Å². The summed E-state index contributed by atoms with van der Waals surface area (Å²) in [5.41, 5.74) is -0.247. The molecule has 2 fully saturated rings. The van der Waals surface area contributed by atoms with Crippen molar-refractivity contribution >= 4 is 17.8 Å². The molecule has 2 aliphatic rings. The molecule has 0 bridgehead atoms. The Balaban J connectivity index is 2.06. The predicted molar refractivity (Wildman–Crippen MR) is 87.5 cm³/mol. The molecule has 2 saturated heterocycles. The van der Waals surface area contributed by atoms with E-state index < -0.39 is 23.3 Å². The predicted octanol–water partition coefficient (Wildman–Crippen LogP) is -0.134. The van der Waals surface area contributed by atoms with E-state index in [1.54, 1.807) is 26.3 Å². The van der Waals surface area contributed by atoms with Gasteiger partial charge in [0, 0.05) is 19.0 Å². The van der Waals surface area contributed by atoms with Crippen LogP contribution in [0.2, 0.25) is 0 Å². The van der Waals surface area contributed by atoms with Gasteiger partial charge in [0.1, 0.15) is 23.6 Å². The van der Waals surface area contributed by atoms with Gasteiger partial charge in [-0.2, -0.15) is 0 Å². The van der Waals surface area contributed by atoms with Gasteiger partial charge in [-0.1, -0.05) is 0 Å². The number of methoxy groups -OCH3 is 2. The average molecular weight is 347 g/mol. The van der Waals surface area contributed by atoms with Crippen LogP contribution in [-0.4, -0.2) is 49.0 Å². The highest BCUT2D eigenvalue weighted by molar-refractivity contribution is 6.08. The molecule has 134 valence electrons. The molecule has 0 unspecified atom stereocenters. The molecule has 0 radical (unpaired) electrons. The van der Waals surface area contributed by atoms with E-state index in [-0.39, 0.29) is 17.9 Å². The Morgan fingerprint density at radius 3 is 2.36 bits per heavy atom. The highest BCUT2D eigenvalue weighted by Gasteiger charge is 2.70. The monoisotopic (exact) mass is 347 g/mol. The number of likely N-dealkylation sites (tertiary alicyclic amines) is 1. The molecule has 7 nitrogen and oxygen atoms in total. The second kappa shape index (κ2) is 6.15. The highest BCUT2D eigenvalue weighted by Crippen LogP contribution is 2.44. The van der Waals surface area contributed by atoms with E-state index in [9.17, 15) is 14.4 Å². The van der Waals surface area contributed by atoms with Gasteiger partial charge in [0.05, 0.1) is 14.2 Å². The fourth-order valence-corrected chi connectivity index (χ4v) is 4.18. The molecule has 25 heavy (non-hydrogen) atoms. The first-order chi connectivity index (χ1) is 11.9. The molecule has 4 atom stereocenters. The third kappa shape index (κ3) is 2.41. The number of nitrogens with two attached hydrogens (primary N) is 1. The van der Waals surface area contributed by atoms with Crippen molar-refractivity contribution in [2.24, 2.45) is 11.8 Å². The van der Waals surface area contributed by atoms with Crippen LogP contribution < -0.4 is 10.1 Å². The Morgan fingerprint density at radius 1 is 1.20 bits per heavy atom. The zero-order chi connectivity index (χ0) is 18.4. The van der Waals surface area contributed by atoms with Crippen molar-refractivity contribution < 1.29 is 29.2 Å². The summed E-state index contributed by atoms with van der Waals surface area (Å²) < 4.78 is 10.1. The van der Waals surface area contributed by atoms with Gasteiger partial charge in [-0.3, -0.25) is 14.5 Å². The van der Waals surface area contributed by atoms with Gasteiger partial charge in [0.15, 0.2) is 0 Å². The number of amides is 2. The summed E-state index contributed by atoms with van der Waals surface area (Å²) in [6.45, 7) is 3.75. The number of quaternary nitrogens is 1. The summed E-state index contributed by atoms with van der Waals surface area (Å²) >= 11 is 0. The van der Waals surface area contributed by atoms with Gasteiger partial charge in [-0.05, 0) is 31.2 Å². The molecule has 0 aliphatic carbocycles. The second-order valence-electron chi connectivity index (χ2n) is 6.66. The van der Waals surface area contributed by atoms with E-state index in [0.29, 0.717) is 12.3 Å². The Bertz CT molecular complexity index is 717. The van der Waals surface area contributed by atoms with Gasteiger partial charge < -0.3 is 14.8 Å². The van der Waals surface area contributed by atoms with Crippen LogP contribution in [0.5, 0.6) is 5.75 Å². The van der Waals surface area contributed by atoms with Crippen LogP contribution in [0.25, 0.3) is 0 Å². The van der Waals surface area contributed by atoms with Crippen molar-refractivity contribution in [1.82, 2.24) is 4.90 Å². The lowest BCUT2D eigenvalue weighted by Gasteiger charge is -2.25. The topological polar surface area (TPSA) is 89.5 Å². The maximum Gasteiger partial charge on any atom is 0.368 e. The number of hydrogen-bond donors (Lipinski definition) is 1. The molecule has 0 saturated carbocycles. The first-order valence-electron chi connectivity index (χ1n) is 8.32. The lowest BCUT2D eigenvalue weighted by Crippen LogP contribution is -2.97. The standard InChI is InChI=1S/C18H22N2O5/c1-5-20-15(21)12-13(16(20)22)18(2,17(23)25-4)19-14(12)10-6-8-11(24-3)9-7-10/h6-9,12-14,19H,5H2,1-4H3/p+1/t12-,13-,14-,18+/m0/s1. The molecule has 0 aromatic heterocycles. The van der Waals surface area contributed by atoms with Gasteiger partial charge >= 0.3 is 5.97 Å². The van der Waals surface area contributed by atoms with Crippen LogP contribution in [0.3, 0.4) is 0 Å². The van der Waals surface area contributed by atoms with Gasteiger partial charge in [0.2, 0.25) is 17.4 Å². The minimum Gasteiger partial charge on any atom is -0.497 e. The second-order valence-corrected chi connectivity index (χ2v) is 6.66. The highest BCUT2D eigenvalue weighted by atomic mass is 16.5. The smallest absolute Gasteiger partial charge is 0.368 e. The third-order valence-corrected chi connectivity index (χ3v) is 5.44. The van der Waals surface area contributed by atoms with Crippen molar-refractivity contribution in [3.05, 3.63) is 29.8 Å². The van der Waals surface area contributed by atoms with E-state index in [1.165, 1.54) is 12.0 Å². The summed E-state index contributed by atoms with van der Waals surface area (Å²) in [5.74, 6) is -1.60. The summed E-state index contributed by atoms with van der Waals surface area (Å²) in [5, 5.41) is 1.80. The van der Waals surface area contributed by atoms with Crippen LogP contribution in [0.1, 0.15) is 25.5 Å². The number of carbonyl (C=O) groups excluding carboxylic acids is 3. The summed E-state index contributed by atoms with van der Waals surface area (Å²) in [6.07, 6.45) is 0. The Labute approximate surface area is 146 Å². The van der Waals surface area contributed by atoms with E-state index in [0.717, 1.165) is 5.56 Å². The molecule has 2 heterocycles. The molecular formula is C18H23N2O5+. The fourth-order valence-electron chi connectivity index (χ4n) is 4.18. The lowest BCUT2D eigenvalue weighted by molar-refractivity contribution is -0.731. The molecular weight excluding hydrogens is 324 g/mol. The quantitative estimate of drug-likeness (QED) is 0.605. The van der Waals surface area contributed by atoms with Crippen LogP contribution >= 0.6 is 0 Å². The van der Waals surface area contributed by atoms with Crippen molar-refractivity contribution in [2.45, 2.75) is 25.4 Å². The third-order valence-electron chi connectivity index (χ3n) is 5.44. The van der Waals surface area contributed by atoms with Crippen molar-refractivity contribution in [1.29, 1.82) is 0 Å². The van der Waals surface area contributed by atoms with Crippen LogP contribution in [0, 0.1) is 11.8 Å². The number of carbonyl (C=O) groups is 3. The average Bonchev–Trinajstić information content (AvgIpc) is 3.08. The van der Waals surface area contributed by atoms with E-state index >= 15 is 0 Å². The van der Waals surface area contributed by atoms with Gasteiger partial charge in [-0.15, -0.1) is 0 Å². The van der Waals surface area contributed by atoms with Crippen LogP contribution in [-0.2, 0) is 19.1 Å². The Morgan fingerprint density at radius 2 is 1.84 bits per heavy atom. The molecule has 7 heteroatoms. The fraction of sp³-hybridized carbons (Fsp3) is 0.500. The van der Waals surface area contributed by atoms with Crippen LogP contribution in [0.4, 0.5) is 0 Å². The number of rotatable bonds is 4. The van der Waals surface area contributed by atoms with Crippen molar-refractivity contribution in [3.63, 3.8) is 0 Å². The lowest BCUT2D eigenvalue weighted by atomic mass is 9.80. The van der Waals surface area contributed by atoms with Crippen molar-refractivity contribution in [2.75, 3.05) is 20.8 Å². The van der Waals surface area contributed by atoms with Gasteiger partial charge in [0.25, 0.3) is 0 Å².